The smallest absolute Gasteiger partial charge is 0.227 e. The maximum atomic E-state index is 11.8. The normalized spacial score (nSPS) is 13.5. The number of anilines is 2. The molecule has 10 heteroatoms. The van der Waals surface area contributed by atoms with Crippen molar-refractivity contribution in [3.8, 4) is 0 Å². The van der Waals surface area contributed by atoms with Crippen LogP contribution in [0.5, 0.6) is 0 Å². The minimum Gasteiger partial charge on any atom is -0.378 e. The van der Waals surface area contributed by atoms with Crippen molar-refractivity contribution < 1.29 is 14.3 Å². The zero-order chi connectivity index (χ0) is 23.1. The van der Waals surface area contributed by atoms with Crippen LogP contribution < -0.4 is 16.4 Å². The van der Waals surface area contributed by atoms with E-state index in [1.807, 2.05) is 23.1 Å². The molecule has 1 aliphatic rings. The average molecular weight is 458 g/mol. The molecular formula is C23H35N7O3. The number of hydrogen-bond donors (Lipinski definition) is 3. The molecule has 1 amide bonds. The number of nitrogens with two attached hydrogens (primary N) is 1. The van der Waals surface area contributed by atoms with Crippen LogP contribution in [0.15, 0.2) is 30.3 Å². The highest BCUT2D eigenvalue weighted by atomic mass is 16.5. The van der Waals surface area contributed by atoms with Gasteiger partial charge in [-0.2, -0.15) is 15.0 Å². The van der Waals surface area contributed by atoms with Crippen LogP contribution in [0.2, 0.25) is 0 Å². The SMILES string of the molecule is NCCOCCOCCNc1nc(Cc2ccccc2)nc(NCCCN2CCCC2=O)n1. The number of likely N-dealkylation sites (tertiary alicyclic amines) is 1. The maximum absolute atomic E-state index is 11.8. The van der Waals surface area contributed by atoms with Crippen LogP contribution in [0.1, 0.15) is 30.7 Å². The first-order valence-electron chi connectivity index (χ1n) is 11.6. The number of amides is 1. The monoisotopic (exact) mass is 457 g/mol. The fourth-order valence-corrected chi connectivity index (χ4v) is 3.49. The summed E-state index contributed by atoms with van der Waals surface area (Å²) in [6, 6.07) is 10.1. The summed E-state index contributed by atoms with van der Waals surface area (Å²) in [6.45, 7) is 5.49. The lowest BCUT2D eigenvalue weighted by Crippen LogP contribution is -2.27. The van der Waals surface area contributed by atoms with Crippen LogP contribution in [-0.2, 0) is 20.7 Å². The Kier molecular flexibility index (Phi) is 10.8. The van der Waals surface area contributed by atoms with Crippen molar-refractivity contribution in [2.45, 2.75) is 25.7 Å². The van der Waals surface area contributed by atoms with Gasteiger partial charge in [-0.3, -0.25) is 4.79 Å². The first-order valence-corrected chi connectivity index (χ1v) is 11.6. The molecule has 33 heavy (non-hydrogen) atoms. The Labute approximate surface area is 195 Å². The van der Waals surface area contributed by atoms with Crippen molar-refractivity contribution in [3.05, 3.63) is 41.7 Å². The molecule has 1 aromatic heterocycles. The fraction of sp³-hybridized carbons (Fsp3) is 0.565. The summed E-state index contributed by atoms with van der Waals surface area (Å²) in [5.74, 6) is 1.98. The van der Waals surface area contributed by atoms with E-state index >= 15 is 0 Å². The van der Waals surface area contributed by atoms with Crippen molar-refractivity contribution in [1.29, 1.82) is 0 Å². The molecule has 4 N–H and O–H groups in total. The van der Waals surface area contributed by atoms with Gasteiger partial charge in [-0.1, -0.05) is 30.3 Å². The number of aromatic nitrogens is 3. The number of rotatable bonds is 16. The molecule has 1 fully saturated rings. The third-order valence-electron chi connectivity index (χ3n) is 5.11. The minimum atomic E-state index is 0.250. The Morgan fingerprint density at radius 2 is 1.67 bits per heavy atom. The van der Waals surface area contributed by atoms with Gasteiger partial charge in [0, 0.05) is 45.6 Å². The van der Waals surface area contributed by atoms with Crippen molar-refractivity contribution in [1.82, 2.24) is 19.9 Å². The highest BCUT2D eigenvalue weighted by Crippen LogP contribution is 2.12. The molecule has 0 aliphatic carbocycles. The number of nitrogens with zero attached hydrogens (tertiary/aromatic N) is 4. The van der Waals surface area contributed by atoms with Gasteiger partial charge in [0.05, 0.1) is 26.4 Å². The molecule has 180 valence electrons. The highest BCUT2D eigenvalue weighted by molar-refractivity contribution is 5.78. The summed E-state index contributed by atoms with van der Waals surface area (Å²) in [6.07, 6.45) is 3.09. The molecule has 0 atom stereocenters. The van der Waals surface area contributed by atoms with Gasteiger partial charge in [0.2, 0.25) is 17.8 Å². The van der Waals surface area contributed by atoms with Gasteiger partial charge >= 0.3 is 0 Å². The summed E-state index contributed by atoms with van der Waals surface area (Å²) in [7, 11) is 0. The lowest BCUT2D eigenvalue weighted by atomic mass is 10.1. The van der Waals surface area contributed by atoms with Gasteiger partial charge in [-0.25, -0.2) is 0 Å². The van der Waals surface area contributed by atoms with Crippen LogP contribution in [0, 0.1) is 0 Å². The van der Waals surface area contributed by atoms with Crippen molar-refractivity contribution in [3.63, 3.8) is 0 Å². The second-order valence-electron chi connectivity index (χ2n) is 7.77. The predicted molar refractivity (Wildman–Crippen MR) is 127 cm³/mol. The van der Waals surface area contributed by atoms with E-state index in [0.29, 0.717) is 76.6 Å². The molecule has 1 aliphatic heterocycles. The summed E-state index contributed by atoms with van der Waals surface area (Å²) in [4.78, 5) is 27.3. The molecule has 10 nitrogen and oxygen atoms in total. The van der Waals surface area contributed by atoms with Crippen LogP contribution >= 0.6 is 0 Å². The number of ether oxygens (including phenoxy) is 2. The van der Waals surface area contributed by atoms with Crippen molar-refractivity contribution >= 4 is 17.8 Å². The first kappa shape index (κ1) is 24.8. The largest absolute Gasteiger partial charge is 0.378 e. The lowest BCUT2D eigenvalue weighted by Gasteiger charge is -2.15. The van der Waals surface area contributed by atoms with E-state index in [4.69, 9.17) is 15.2 Å². The molecule has 3 rings (SSSR count). The van der Waals surface area contributed by atoms with Gasteiger partial charge in [0.25, 0.3) is 0 Å². The highest BCUT2D eigenvalue weighted by Gasteiger charge is 2.19. The number of benzene rings is 1. The minimum absolute atomic E-state index is 0.250. The van der Waals surface area contributed by atoms with E-state index in [2.05, 4.69) is 37.7 Å². The quantitative estimate of drug-likeness (QED) is 0.319. The number of carbonyl (C=O) groups is 1. The topological polar surface area (TPSA) is 128 Å². The molecular weight excluding hydrogens is 422 g/mol. The van der Waals surface area contributed by atoms with Gasteiger partial charge in [0.15, 0.2) is 0 Å². The van der Waals surface area contributed by atoms with E-state index in [-0.39, 0.29) is 5.91 Å². The van der Waals surface area contributed by atoms with E-state index in [1.54, 1.807) is 0 Å². The average Bonchev–Trinajstić information content (AvgIpc) is 3.23. The number of hydrogen-bond acceptors (Lipinski definition) is 9. The number of nitrogens with one attached hydrogen (secondary N) is 2. The van der Waals surface area contributed by atoms with Gasteiger partial charge in [-0.15, -0.1) is 0 Å². The summed E-state index contributed by atoms with van der Waals surface area (Å²) >= 11 is 0. The van der Waals surface area contributed by atoms with Gasteiger partial charge in [-0.05, 0) is 18.4 Å². The molecule has 0 bridgehead atoms. The Balaban J connectivity index is 1.50. The predicted octanol–water partition coefficient (Wildman–Crippen LogP) is 1.29. The summed E-state index contributed by atoms with van der Waals surface area (Å²) < 4.78 is 10.8. The molecule has 0 radical (unpaired) electrons. The third-order valence-corrected chi connectivity index (χ3v) is 5.11. The van der Waals surface area contributed by atoms with E-state index in [1.165, 1.54) is 0 Å². The Hall–Kier alpha value is -2.82. The standard InChI is InChI=1S/C23H35N7O3/c24-9-14-32-16-17-33-15-11-26-23-28-20(18-19-6-2-1-3-7-19)27-22(29-23)25-10-5-13-30-12-4-8-21(30)31/h1-3,6-7H,4-5,8-18,24H2,(H2,25,26,27,28,29). The van der Waals surface area contributed by atoms with Crippen LogP contribution in [0.4, 0.5) is 11.9 Å². The zero-order valence-electron chi connectivity index (χ0n) is 19.2. The molecule has 2 aromatic rings. The lowest BCUT2D eigenvalue weighted by molar-refractivity contribution is -0.127. The second kappa shape index (κ2) is 14.4. The number of carbonyl (C=O) groups excluding carboxylic acids is 1. The van der Waals surface area contributed by atoms with Gasteiger partial charge in [0.1, 0.15) is 5.82 Å². The summed E-state index contributed by atoms with van der Waals surface area (Å²) in [5, 5.41) is 6.50. The maximum Gasteiger partial charge on any atom is 0.227 e. The van der Waals surface area contributed by atoms with Crippen LogP contribution in [-0.4, -0.2) is 84.9 Å². The third kappa shape index (κ3) is 9.29. The van der Waals surface area contributed by atoms with Crippen LogP contribution in [0.3, 0.4) is 0 Å². The molecule has 0 unspecified atom stereocenters. The second-order valence-corrected chi connectivity index (χ2v) is 7.77. The van der Waals surface area contributed by atoms with Crippen molar-refractivity contribution in [2.75, 3.05) is 69.8 Å². The zero-order valence-corrected chi connectivity index (χ0v) is 19.2. The van der Waals surface area contributed by atoms with E-state index < -0.39 is 0 Å². The summed E-state index contributed by atoms with van der Waals surface area (Å²) in [5.41, 5.74) is 6.52. The van der Waals surface area contributed by atoms with E-state index in [0.717, 1.165) is 31.5 Å². The molecule has 1 saturated heterocycles. The van der Waals surface area contributed by atoms with Crippen molar-refractivity contribution in [2.24, 2.45) is 5.73 Å². The Bertz CT molecular complexity index is 838. The molecule has 0 spiro atoms. The molecule has 2 heterocycles. The molecule has 0 saturated carbocycles. The Morgan fingerprint density at radius 3 is 2.36 bits per heavy atom. The Morgan fingerprint density at radius 1 is 0.939 bits per heavy atom. The van der Waals surface area contributed by atoms with Crippen LogP contribution in [0.25, 0.3) is 0 Å². The van der Waals surface area contributed by atoms with E-state index in [9.17, 15) is 4.79 Å². The first-order chi connectivity index (χ1) is 16.2. The fourth-order valence-electron chi connectivity index (χ4n) is 3.49. The van der Waals surface area contributed by atoms with Gasteiger partial charge < -0.3 is 30.7 Å². The molecule has 1 aromatic carbocycles.